The van der Waals surface area contributed by atoms with Crippen molar-refractivity contribution < 1.29 is 4.74 Å². The summed E-state index contributed by atoms with van der Waals surface area (Å²) in [6.07, 6.45) is 0.195. The SMILES string of the molecule is CC(C)C1(c2ccccc2)OC1c1ccccc1. The first-order chi connectivity index (χ1) is 8.75. The predicted molar refractivity (Wildman–Crippen MR) is 73.2 cm³/mol. The van der Waals surface area contributed by atoms with Crippen LogP contribution in [0.25, 0.3) is 0 Å². The van der Waals surface area contributed by atoms with E-state index in [2.05, 4.69) is 68.4 Å². The minimum absolute atomic E-state index is 0.136. The molecule has 0 saturated carbocycles. The summed E-state index contributed by atoms with van der Waals surface area (Å²) in [5.41, 5.74) is 2.42. The van der Waals surface area contributed by atoms with Crippen molar-refractivity contribution in [1.29, 1.82) is 0 Å². The molecule has 92 valence electrons. The molecule has 1 heteroatoms. The zero-order chi connectivity index (χ0) is 12.6. The highest BCUT2D eigenvalue weighted by Gasteiger charge is 2.60. The smallest absolute Gasteiger partial charge is 0.127 e. The molecule has 1 saturated heterocycles. The molecule has 18 heavy (non-hydrogen) atoms. The Morgan fingerprint density at radius 2 is 1.44 bits per heavy atom. The first kappa shape index (κ1) is 11.5. The van der Waals surface area contributed by atoms with Crippen molar-refractivity contribution in [3.63, 3.8) is 0 Å². The summed E-state index contributed by atoms with van der Waals surface area (Å²) in [6, 6.07) is 21.1. The molecule has 1 aliphatic rings. The number of hydrogen-bond acceptors (Lipinski definition) is 1. The summed E-state index contributed by atoms with van der Waals surface area (Å²) >= 11 is 0. The zero-order valence-corrected chi connectivity index (χ0v) is 10.8. The first-order valence-corrected chi connectivity index (χ1v) is 6.53. The third-order valence-electron chi connectivity index (χ3n) is 3.83. The maximum atomic E-state index is 6.14. The van der Waals surface area contributed by atoms with Crippen molar-refractivity contribution in [2.24, 2.45) is 5.92 Å². The van der Waals surface area contributed by atoms with Crippen molar-refractivity contribution in [2.45, 2.75) is 25.6 Å². The molecule has 1 heterocycles. The predicted octanol–water partition coefficient (Wildman–Crippen LogP) is 4.31. The molecule has 0 spiro atoms. The number of epoxide rings is 1. The van der Waals surface area contributed by atoms with Gasteiger partial charge in [-0.2, -0.15) is 0 Å². The van der Waals surface area contributed by atoms with Gasteiger partial charge in [0.25, 0.3) is 0 Å². The largest absolute Gasteiger partial charge is 0.356 e. The Kier molecular flexibility index (Phi) is 2.71. The lowest BCUT2D eigenvalue weighted by Gasteiger charge is -2.17. The molecule has 1 nitrogen and oxygen atoms in total. The van der Waals surface area contributed by atoms with Crippen LogP contribution < -0.4 is 0 Å². The Morgan fingerprint density at radius 3 is 2.00 bits per heavy atom. The molecule has 3 rings (SSSR count). The van der Waals surface area contributed by atoms with Gasteiger partial charge in [0.2, 0.25) is 0 Å². The van der Waals surface area contributed by atoms with E-state index in [1.807, 2.05) is 6.07 Å². The average Bonchev–Trinajstić information content (AvgIpc) is 3.18. The van der Waals surface area contributed by atoms with Crippen LogP contribution in [0.4, 0.5) is 0 Å². The van der Waals surface area contributed by atoms with Crippen LogP contribution >= 0.6 is 0 Å². The summed E-state index contributed by atoms with van der Waals surface area (Å²) < 4.78 is 6.14. The lowest BCUT2D eigenvalue weighted by atomic mass is 9.83. The highest BCUT2D eigenvalue weighted by Crippen LogP contribution is 2.61. The summed E-state index contributed by atoms with van der Waals surface area (Å²) in [7, 11) is 0. The van der Waals surface area contributed by atoms with E-state index in [1.54, 1.807) is 0 Å². The molecule has 2 unspecified atom stereocenters. The van der Waals surface area contributed by atoms with Crippen molar-refractivity contribution in [3.8, 4) is 0 Å². The quantitative estimate of drug-likeness (QED) is 0.726. The molecule has 0 aliphatic carbocycles. The Morgan fingerprint density at radius 1 is 0.889 bits per heavy atom. The van der Waals surface area contributed by atoms with E-state index in [9.17, 15) is 0 Å². The lowest BCUT2D eigenvalue weighted by molar-refractivity contribution is 0.238. The highest BCUT2D eigenvalue weighted by molar-refractivity contribution is 5.36. The van der Waals surface area contributed by atoms with Gasteiger partial charge in [-0.25, -0.2) is 0 Å². The molecule has 0 N–H and O–H groups in total. The second kappa shape index (κ2) is 4.25. The summed E-state index contributed by atoms with van der Waals surface area (Å²) in [6.45, 7) is 4.46. The topological polar surface area (TPSA) is 12.5 Å². The molecule has 2 aromatic rings. The normalized spacial score (nSPS) is 26.3. The second-order valence-electron chi connectivity index (χ2n) is 5.22. The van der Waals surface area contributed by atoms with Gasteiger partial charge in [0, 0.05) is 0 Å². The van der Waals surface area contributed by atoms with Crippen LogP contribution in [0.15, 0.2) is 60.7 Å². The van der Waals surface area contributed by atoms with Gasteiger partial charge < -0.3 is 4.74 Å². The van der Waals surface area contributed by atoms with Gasteiger partial charge in [0.15, 0.2) is 0 Å². The molecule has 1 fully saturated rings. The Hall–Kier alpha value is -1.60. The fourth-order valence-electron chi connectivity index (χ4n) is 2.79. The van der Waals surface area contributed by atoms with Gasteiger partial charge in [0.1, 0.15) is 11.7 Å². The number of benzene rings is 2. The van der Waals surface area contributed by atoms with E-state index in [1.165, 1.54) is 11.1 Å². The Bertz CT molecular complexity index is 518. The molecular weight excluding hydrogens is 220 g/mol. The Labute approximate surface area is 108 Å². The Balaban J connectivity index is 1.98. The van der Waals surface area contributed by atoms with Crippen LogP contribution in [0.3, 0.4) is 0 Å². The van der Waals surface area contributed by atoms with Gasteiger partial charge in [-0.1, -0.05) is 74.5 Å². The van der Waals surface area contributed by atoms with E-state index in [0.717, 1.165) is 0 Å². The summed E-state index contributed by atoms with van der Waals surface area (Å²) in [5, 5.41) is 0. The monoisotopic (exact) mass is 238 g/mol. The van der Waals surface area contributed by atoms with E-state index in [4.69, 9.17) is 4.74 Å². The lowest BCUT2D eigenvalue weighted by Crippen LogP contribution is -2.17. The van der Waals surface area contributed by atoms with Crippen LogP contribution in [0.5, 0.6) is 0 Å². The summed E-state index contributed by atoms with van der Waals surface area (Å²) in [4.78, 5) is 0. The average molecular weight is 238 g/mol. The fraction of sp³-hybridized carbons (Fsp3) is 0.294. The maximum Gasteiger partial charge on any atom is 0.127 e. The molecule has 0 bridgehead atoms. The summed E-state index contributed by atoms with van der Waals surface area (Å²) in [5.74, 6) is 0.463. The second-order valence-corrected chi connectivity index (χ2v) is 5.22. The van der Waals surface area contributed by atoms with Crippen molar-refractivity contribution >= 4 is 0 Å². The first-order valence-electron chi connectivity index (χ1n) is 6.53. The van der Waals surface area contributed by atoms with Crippen molar-refractivity contribution in [3.05, 3.63) is 71.8 Å². The minimum Gasteiger partial charge on any atom is -0.356 e. The van der Waals surface area contributed by atoms with E-state index < -0.39 is 0 Å². The zero-order valence-electron chi connectivity index (χ0n) is 10.8. The number of rotatable bonds is 3. The van der Waals surface area contributed by atoms with Crippen LogP contribution in [0, 0.1) is 5.92 Å². The third-order valence-corrected chi connectivity index (χ3v) is 3.83. The molecular formula is C17H18O. The van der Waals surface area contributed by atoms with Crippen LogP contribution in [0.1, 0.15) is 31.1 Å². The van der Waals surface area contributed by atoms with Crippen LogP contribution in [0.2, 0.25) is 0 Å². The van der Waals surface area contributed by atoms with Gasteiger partial charge >= 0.3 is 0 Å². The van der Waals surface area contributed by atoms with Crippen LogP contribution in [-0.4, -0.2) is 0 Å². The standard InChI is InChI=1S/C17H18O/c1-13(2)17(15-11-7-4-8-12-15)16(18-17)14-9-5-3-6-10-14/h3-13,16H,1-2H3. The fourth-order valence-corrected chi connectivity index (χ4v) is 2.79. The van der Waals surface area contributed by atoms with E-state index >= 15 is 0 Å². The number of ether oxygens (including phenoxy) is 1. The molecule has 0 radical (unpaired) electrons. The van der Waals surface area contributed by atoms with E-state index in [0.29, 0.717) is 5.92 Å². The molecule has 1 aliphatic heterocycles. The molecule has 0 aromatic heterocycles. The number of hydrogen-bond donors (Lipinski definition) is 0. The van der Waals surface area contributed by atoms with E-state index in [-0.39, 0.29) is 11.7 Å². The van der Waals surface area contributed by atoms with Crippen molar-refractivity contribution in [1.82, 2.24) is 0 Å². The van der Waals surface area contributed by atoms with Crippen molar-refractivity contribution in [2.75, 3.05) is 0 Å². The molecule has 0 amide bonds. The minimum atomic E-state index is -0.136. The highest BCUT2D eigenvalue weighted by atomic mass is 16.6. The van der Waals surface area contributed by atoms with Gasteiger partial charge in [-0.15, -0.1) is 0 Å². The maximum absolute atomic E-state index is 6.14. The van der Waals surface area contributed by atoms with Gasteiger partial charge in [-0.3, -0.25) is 0 Å². The van der Waals surface area contributed by atoms with Gasteiger partial charge in [0.05, 0.1) is 0 Å². The molecule has 2 atom stereocenters. The molecule has 2 aromatic carbocycles. The van der Waals surface area contributed by atoms with Crippen LogP contribution in [-0.2, 0) is 10.3 Å². The van der Waals surface area contributed by atoms with Gasteiger partial charge in [-0.05, 0) is 17.0 Å². The third kappa shape index (κ3) is 1.67.